The zero-order chi connectivity index (χ0) is 12.8. The minimum absolute atomic E-state index is 0.682. The van der Waals surface area contributed by atoms with Crippen molar-refractivity contribution in [3.05, 3.63) is 29.8 Å². The van der Waals surface area contributed by atoms with Crippen LogP contribution in [0.1, 0.15) is 45.1 Å². The van der Waals surface area contributed by atoms with Gasteiger partial charge in [0.2, 0.25) is 0 Å². The van der Waals surface area contributed by atoms with Gasteiger partial charge in [-0.25, -0.2) is 0 Å². The van der Waals surface area contributed by atoms with E-state index in [1.807, 2.05) is 0 Å². The quantitative estimate of drug-likeness (QED) is 0.755. The molecule has 1 aromatic carbocycles. The van der Waals surface area contributed by atoms with Gasteiger partial charge in [-0.1, -0.05) is 38.8 Å². The van der Waals surface area contributed by atoms with Crippen LogP contribution >= 0.6 is 0 Å². The smallest absolute Gasteiger partial charge is 0.119 e. The molecule has 0 unspecified atom stereocenters. The second-order valence-corrected chi connectivity index (χ2v) is 5.29. The molecule has 0 bridgehead atoms. The third kappa shape index (κ3) is 4.34. The molecular formula is C16H25NO. The van der Waals surface area contributed by atoms with Crippen molar-refractivity contribution in [2.24, 2.45) is 5.92 Å². The molecule has 1 aromatic rings. The lowest BCUT2D eigenvalue weighted by Crippen LogP contribution is -2.15. The maximum Gasteiger partial charge on any atom is 0.119 e. The van der Waals surface area contributed by atoms with Crippen LogP contribution in [0.5, 0.6) is 5.75 Å². The molecule has 1 N–H and O–H groups in total. The Hall–Kier alpha value is -1.02. The number of ether oxygens (including phenoxy) is 1. The lowest BCUT2D eigenvalue weighted by Gasteiger charge is -2.14. The van der Waals surface area contributed by atoms with E-state index in [1.165, 1.54) is 31.2 Å². The lowest BCUT2D eigenvalue weighted by atomic mass is 10.1. The molecule has 2 nitrogen and oxygen atoms in total. The SMILES string of the molecule is CCC(CC)COc1ccc(CNC2CC2)cc1. The zero-order valence-corrected chi connectivity index (χ0v) is 11.6. The van der Waals surface area contributed by atoms with E-state index in [4.69, 9.17) is 4.74 Å². The van der Waals surface area contributed by atoms with Crippen LogP contribution in [0.2, 0.25) is 0 Å². The summed E-state index contributed by atoms with van der Waals surface area (Å²) in [6.07, 6.45) is 5.08. The molecule has 2 heteroatoms. The minimum atomic E-state index is 0.682. The van der Waals surface area contributed by atoms with Gasteiger partial charge < -0.3 is 10.1 Å². The van der Waals surface area contributed by atoms with E-state index in [9.17, 15) is 0 Å². The summed E-state index contributed by atoms with van der Waals surface area (Å²) < 4.78 is 5.82. The van der Waals surface area contributed by atoms with Crippen molar-refractivity contribution in [1.82, 2.24) is 5.32 Å². The molecule has 1 aliphatic rings. The first kappa shape index (κ1) is 13.4. The highest BCUT2D eigenvalue weighted by Gasteiger charge is 2.19. The van der Waals surface area contributed by atoms with Gasteiger partial charge >= 0.3 is 0 Å². The van der Waals surface area contributed by atoms with E-state index in [1.54, 1.807) is 0 Å². The Morgan fingerprint density at radius 2 is 1.83 bits per heavy atom. The average Bonchev–Trinajstić information content (AvgIpc) is 3.23. The predicted octanol–water partition coefficient (Wildman–Crippen LogP) is 3.75. The summed E-state index contributed by atoms with van der Waals surface area (Å²) in [5.41, 5.74) is 1.34. The average molecular weight is 247 g/mol. The van der Waals surface area contributed by atoms with Crippen LogP contribution in [0.15, 0.2) is 24.3 Å². The standard InChI is InChI=1S/C16H25NO/c1-3-13(4-2)12-18-16-9-5-14(6-10-16)11-17-15-7-8-15/h5-6,9-10,13,15,17H,3-4,7-8,11-12H2,1-2H3. The molecule has 100 valence electrons. The van der Waals surface area contributed by atoms with Gasteiger partial charge in [-0.15, -0.1) is 0 Å². The first-order valence-corrected chi connectivity index (χ1v) is 7.27. The molecule has 0 spiro atoms. The summed E-state index contributed by atoms with van der Waals surface area (Å²) in [6.45, 7) is 6.28. The molecule has 0 amide bonds. The molecule has 0 aromatic heterocycles. The van der Waals surface area contributed by atoms with Crippen molar-refractivity contribution in [3.63, 3.8) is 0 Å². The maximum atomic E-state index is 5.82. The highest BCUT2D eigenvalue weighted by atomic mass is 16.5. The van der Waals surface area contributed by atoms with E-state index in [0.29, 0.717) is 5.92 Å². The molecule has 1 saturated carbocycles. The van der Waals surface area contributed by atoms with Crippen molar-refractivity contribution in [2.45, 2.75) is 52.1 Å². The van der Waals surface area contributed by atoms with Gasteiger partial charge in [0, 0.05) is 12.6 Å². The van der Waals surface area contributed by atoms with E-state index in [2.05, 4.69) is 43.4 Å². The second kappa shape index (κ2) is 6.79. The molecule has 1 fully saturated rings. The summed E-state index contributed by atoms with van der Waals surface area (Å²) in [5, 5.41) is 3.52. The Bertz CT molecular complexity index is 339. The van der Waals surface area contributed by atoms with Crippen LogP contribution in [-0.4, -0.2) is 12.6 Å². The van der Waals surface area contributed by atoms with E-state index < -0.39 is 0 Å². The third-order valence-electron chi connectivity index (χ3n) is 3.74. The molecule has 0 aliphatic heterocycles. The fraction of sp³-hybridized carbons (Fsp3) is 0.625. The second-order valence-electron chi connectivity index (χ2n) is 5.29. The van der Waals surface area contributed by atoms with Gasteiger partial charge in [0.05, 0.1) is 6.61 Å². The van der Waals surface area contributed by atoms with Crippen molar-refractivity contribution in [1.29, 1.82) is 0 Å². The molecule has 18 heavy (non-hydrogen) atoms. The van der Waals surface area contributed by atoms with Crippen molar-refractivity contribution < 1.29 is 4.74 Å². The Kier molecular flexibility index (Phi) is 5.06. The maximum absolute atomic E-state index is 5.82. The van der Waals surface area contributed by atoms with Gasteiger partial charge in [0.25, 0.3) is 0 Å². The first-order chi connectivity index (χ1) is 8.81. The fourth-order valence-corrected chi connectivity index (χ4v) is 1.99. The first-order valence-electron chi connectivity index (χ1n) is 7.27. The van der Waals surface area contributed by atoms with Crippen molar-refractivity contribution in [3.8, 4) is 5.75 Å². The van der Waals surface area contributed by atoms with E-state index in [0.717, 1.165) is 24.9 Å². The van der Waals surface area contributed by atoms with E-state index >= 15 is 0 Å². The number of rotatable bonds is 8. The molecule has 0 saturated heterocycles. The Balaban J connectivity index is 1.75. The van der Waals surface area contributed by atoms with Crippen LogP contribution in [0.25, 0.3) is 0 Å². The van der Waals surface area contributed by atoms with Crippen LogP contribution in [-0.2, 0) is 6.54 Å². The normalized spacial score (nSPS) is 15.1. The number of hydrogen-bond donors (Lipinski definition) is 1. The molecular weight excluding hydrogens is 222 g/mol. The lowest BCUT2D eigenvalue weighted by molar-refractivity contribution is 0.240. The van der Waals surface area contributed by atoms with Crippen molar-refractivity contribution >= 4 is 0 Å². The summed E-state index contributed by atoms with van der Waals surface area (Å²) in [7, 11) is 0. The topological polar surface area (TPSA) is 21.3 Å². The Morgan fingerprint density at radius 1 is 1.17 bits per heavy atom. The third-order valence-corrected chi connectivity index (χ3v) is 3.74. The van der Waals surface area contributed by atoms with E-state index in [-0.39, 0.29) is 0 Å². The largest absolute Gasteiger partial charge is 0.493 e. The molecule has 2 rings (SSSR count). The summed E-state index contributed by atoms with van der Waals surface area (Å²) in [6, 6.07) is 9.28. The fourth-order valence-electron chi connectivity index (χ4n) is 1.99. The summed E-state index contributed by atoms with van der Waals surface area (Å²) in [5.74, 6) is 1.68. The highest BCUT2D eigenvalue weighted by molar-refractivity contribution is 5.27. The Morgan fingerprint density at radius 3 is 2.39 bits per heavy atom. The highest BCUT2D eigenvalue weighted by Crippen LogP contribution is 2.20. The van der Waals surface area contributed by atoms with Crippen LogP contribution in [0.3, 0.4) is 0 Å². The van der Waals surface area contributed by atoms with Crippen LogP contribution in [0.4, 0.5) is 0 Å². The van der Waals surface area contributed by atoms with Gasteiger partial charge in [-0.05, 0) is 36.5 Å². The summed E-state index contributed by atoms with van der Waals surface area (Å²) in [4.78, 5) is 0. The molecule has 0 heterocycles. The number of hydrogen-bond acceptors (Lipinski definition) is 2. The van der Waals surface area contributed by atoms with Gasteiger partial charge in [0.15, 0.2) is 0 Å². The van der Waals surface area contributed by atoms with Gasteiger partial charge in [-0.3, -0.25) is 0 Å². The molecule has 0 atom stereocenters. The summed E-state index contributed by atoms with van der Waals surface area (Å²) >= 11 is 0. The van der Waals surface area contributed by atoms with Crippen molar-refractivity contribution in [2.75, 3.05) is 6.61 Å². The monoisotopic (exact) mass is 247 g/mol. The zero-order valence-electron chi connectivity index (χ0n) is 11.6. The van der Waals surface area contributed by atoms with Gasteiger partial charge in [-0.2, -0.15) is 0 Å². The predicted molar refractivity (Wildman–Crippen MR) is 75.9 cm³/mol. The minimum Gasteiger partial charge on any atom is -0.493 e. The number of benzene rings is 1. The van der Waals surface area contributed by atoms with Crippen LogP contribution < -0.4 is 10.1 Å². The van der Waals surface area contributed by atoms with Gasteiger partial charge in [0.1, 0.15) is 5.75 Å². The number of nitrogens with one attached hydrogen (secondary N) is 1. The Labute approximate surface area is 111 Å². The van der Waals surface area contributed by atoms with Crippen LogP contribution in [0, 0.1) is 5.92 Å². The molecule has 1 aliphatic carbocycles. The molecule has 0 radical (unpaired) electrons.